The second-order valence-corrected chi connectivity index (χ2v) is 6.03. The summed E-state index contributed by atoms with van der Waals surface area (Å²) in [6.07, 6.45) is 1.10. The van der Waals surface area contributed by atoms with Crippen molar-refractivity contribution < 1.29 is 0 Å². The summed E-state index contributed by atoms with van der Waals surface area (Å²) >= 11 is 6.11. The molecule has 0 spiro atoms. The van der Waals surface area contributed by atoms with E-state index in [2.05, 4.69) is 43.2 Å². The third-order valence-electron chi connectivity index (χ3n) is 4.33. The maximum atomic E-state index is 6.11. The molecule has 4 heteroatoms. The van der Waals surface area contributed by atoms with Gasteiger partial charge in [0.15, 0.2) is 0 Å². The second-order valence-electron chi connectivity index (χ2n) is 5.59. The lowest BCUT2D eigenvalue weighted by molar-refractivity contribution is 0.290. The van der Waals surface area contributed by atoms with Crippen LogP contribution >= 0.6 is 11.6 Å². The van der Waals surface area contributed by atoms with Crippen LogP contribution in [0.3, 0.4) is 0 Å². The van der Waals surface area contributed by atoms with Crippen LogP contribution in [-0.4, -0.2) is 34.1 Å². The minimum atomic E-state index is 0.466. The monoisotopic (exact) mass is 307 g/mol. The maximum Gasteiger partial charge on any atom is 0.112 e. The van der Waals surface area contributed by atoms with E-state index in [1.54, 1.807) is 0 Å². The van der Waals surface area contributed by atoms with E-state index in [1.165, 1.54) is 11.3 Å². The van der Waals surface area contributed by atoms with Crippen molar-refractivity contribution in [2.24, 2.45) is 0 Å². The van der Waals surface area contributed by atoms with E-state index in [4.69, 9.17) is 16.6 Å². The average molecular weight is 308 g/mol. The largest absolute Gasteiger partial charge is 0.326 e. The number of fused-ring (bicyclic) bond motifs is 1. The minimum Gasteiger partial charge on any atom is -0.326 e. The molecule has 1 aromatic heterocycles. The van der Waals surface area contributed by atoms with Gasteiger partial charge in [0.25, 0.3) is 0 Å². The maximum absolute atomic E-state index is 6.11. The van der Waals surface area contributed by atoms with Gasteiger partial charge in [-0.05, 0) is 37.7 Å². The van der Waals surface area contributed by atoms with Crippen LogP contribution in [0.2, 0.25) is 5.02 Å². The summed E-state index contributed by atoms with van der Waals surface area (Å²) < 4.78 is 2.37. The Labute approximate surface area is 132 Å². The van der Waals surface area contributed by atoms with E-state index in [9.17, 15) is 0 Å². The zero-order chi connectivity index (χ0) is 15.4. The van der Waals surface area contributed by atoms with Gasteiger partial charge in [-0.1, -0.05) is 39.3 Å². The topological polar surface area (TPSA) is 21.1 Å². The summed E-state index contributed by atoms with van der Waals surface area (Å²) in [6, 6.07) is 6.02. The van der Waals surface area contributed by atoms with E-state index >= 15 is 0 Å². The molecule has 0 aliphatic carbocycles. The van der Waals surface area contributed by atoms with Crippen molar-refractivity contribution in [3.8, 4) is 0 Å². The molecule has 116 valence electrons. The Morgan fingerprint density at radius 2 is 1.95 bits per heavy atom. The summed E-state index contributed by atoms with van der Waals surface area (Å²) in [5.41, 5.74) is 2.21. The lowest BCUT2D eigenvalue weighted by Gasteiger charge is -2.20. The van der Waals surface area contributed by atoms with Crippen molar-refractivity contribution in [1.29, 1.82) is 0 Å². The van der Waals surface area contributed by atoms with Crippen LogP contribution in [0.15, 0.2) is 18.2 Å². The zero-order valence-corrected chi connectivity index (χ0v) is 14.3. The Hall–Kier alpha value is -1.06. The van der Waals surface area contributed by atoms with Crippen LogP contribution in [-0.2, 0) is 6.54 Å². The molecular formula is C17H26ClN3. The standard InChI is InChI=1S/C17H26ClN3/c1-5-13(4)17-19-15-12-14(18)8-9-16(15)21(17)11-10-20(6-2)7-3/h8-9,12-13H,5-7,10-11H2,1-4H3. The van der Waals surface area contributed by atoms with Gasteiger partial charge in [-0.2, -0.15) is 0 Å². The highest BCUT2D eigenvalue weighted by molar-refractivity contribution is 6.31. The second kappa shape index (κ2) is 7.28. The summed E-state index contributed by atoms with van der Waals surface area (Å²) in [4.78, 5) is 7.28. The fourth-order valence-corrected chi connectivity index (χ4v) is 2.86. The van der Waals surface area contributed by atoms with E-state index in [1.807, 2.05) is 12.1 Å². The Kier molecular flexibility index (Phi) is 5.65. The number of imidazole rings is 1. The van der Waals surface area contributed by atoms with E-state index in [-0.39, 0.29) is 0 Å². The Morgan fingerprint density at radius 3 is 2.57 bits per heavy atom. The first-order valence-corrected chi connectivity index (χ1v) is 8.36. The number of likely N-dealkylation sites (N-methyl/N-ethyl adjacent to an activating group) is 1. The van der Waals surface area contributed by atoms with Crippen LogP contribution in [0.1, 0.15) is 45.9 Å². The van der Waals surface area contributed by atoms with Gasteiger partial charge >= 0.3 is 0 Å². The van der Waals surface area contributed by atoms with Crippen LogP contribution in [0.25, 0.3) is 11.0 Å². The molecule has 2 aromatic rings. The fourth-order valence-electron chi connectivity index (χ4n) is 2.70. The number of nitrogens with zero attached hydrogens (tertiary/aromatic N) is 3. The first kappa shape index (κ1) is 16.3. The number of hydrogen-bond acceptors (Lipinski definition) is 2. The van der Waals surface area contributed by atoms with Gasteiger partial charge < -0.3 is 9.47 Å². The Balaban J connectivity index is 2.38. The number of aromatic nitrogens is 2. The molecular weight excluding hydrogens is 282 g/mol. The number of hydrogen-bond donors (Lipinski definition) is 0. The predicted molar refractivity (Wildman–Crippen MR) is 91.2 cm³/mol. The molecule has 0 radical (unpaired) electrons. The first-order valence-electron chi connectivity index (χ1n) is 7.98. The molecule has 0 bridgehead atoms. The van der Waals surface area contributed by atoms with Gasteiger partial charge in [0.1, 0.15) is 5.82 Å². The highest BCUT2D eigenvalue weighted by Gasteiger charge is 2.16. The summed E-state index contributed by atoms with van der Waals surface area (Å²) in [5, 5.41) is 0.756. The molecule has 0 amide bonds. The molecule has 1 heterocycles. The van der Waals surface area contributed by atoms with Crippen LogP contribution < -0.4 is 0 Å². The van der Waals surface area contributed by atoms with Crippen molar-refractivity contribution in [3.05, 3.63) is 29.0 Å². The molecule has 0 aliphatic rings. The van der Waals surface area contributed by atoms with Gasteiger partial charge in [0.05, 0.1) is 11.0 Å². The quantitative estimate of drug-likeness (QED) is 0.748. The van der Waals surface area contributed by atoms with Crippen LogP contribution in [0, 0.1) is 0 Å². The van der Waals surface area contributed by atoms with Gasteiger partial charge in [-0.15, -0.1) is 0 Å². The molecule has 2 rings (SSSR count). The predicted octanol–water partition coefficient (Wildman–Crippen LogP) is 4.55. The van der Waals surface area contributed by atoms with Crippen molar-refractivity contribution in [3.63, 3.8) is 0 Å². The SMILES string of the molecule is CCC(C)c1nc2cc(Cl)ccc2n1CCN(CC)CC. The lowest BCUT2D eigenvalue weighted by atomic mass is 10.1. The Bertz CT molecular complexity index is 587. The van der Waals surface area contributed by atoms with E-state index in [0.717, 1.165) is 43.1 Å². The number of rotatable bonds is 7. The molecule has 0 aliphatic heterocycles. The van der Waals surface area contributed by atoms with Crippen molar-refractivity contribution in [2.75, 3.05) is 19.6 Å². The molecule has 1 unspecified atom stereocenters. The van der Waals surface area contributed by atoms with Gasteiger partial charge in [0.2, 0.25) is 0 Å². The van der Waals surface area contributed by atoms with Crippen molar-refractivity contribution in [1.82, 2.24) is 14.5 Å². The normalized spacial score (nSPS) is 13.2. The third kappa shape index (κ3) is 3.58. The molecule has 1 aromatic carbocycles. The first-order chi connectivity index (χ1) is 10.1. The minimum absolute atomic E-state index is 0.466. The molecule has 21 heavy (non-hydrogen) atoms. The molecule has 1 atom stereocenters. The summed E-state index contributed by atoms with van der Waals surface area (Å²) in [6.45, 7) is 13.1. The van der Waals surface area contributed by atoms with Gasteiger partial charge in [0, 0.05) is 24.0 Å². The Morgan fingerprint density at radius 1 is 1.24 bits per heavy atom. The lowest BCUT2D eigenvalue weighted by Crippen LogP contribution is -2.27. The van der Waals surface area contributed by atoms with Gasteiger partial charge in [-0.3, -0.25) is 0 Å². The highest BCUT2D eigenvalue weighted by atomic mass is 35.5. The smallest absolute Gasteiger partial charge is 0.112 e. The summed E-state index contributed by atoms with van der Waals surface area (Å²) in [5.74, 6) is 1.65. The van der Waals surface area contributed by atoms with Crippen LogP contribution in [0.4, 0.5) is 0 Å². The molecule has 0 fully saturated rings. The third-order valence-corrected chi connectivity index (χ3v) is 4.56. The highest BCUT2D eigenvalue weighted by Crippen LogP contribution is 2.26. The summed E-state index contributed by atoms with van der Waals surface area (Å²) in [7, 11) is 0. The molecule has 3 nitrogen and oxygen atoms in total. The van der Waals surface area contributed by atoms with Gasteiger partial charge in [-0.25, -0.2) is 4.98 Å². The van der Waals surface area contributed by atoms with Crippen LogP contribution in [0.5, 0.6) is 0 Å². The fraction of sp³-hybridized carbons (Fsp3) is 0.588. The van der Waals surface area contributed by atoms with E-state index in [0.29, 0.717) is 5.92 Å². The average Bonchev–Trinajstić information content (AvgIpc) is 2.85. The molecule has 0 saturated heterocycles. The number of benzene rings is 1. The zero-order valence-electron chi connectivity index (χ0n) is 13.6. The van der Waals surface area contributed by atoms with E-state index < -0.39 is 0 Å². The molecule has 0 saturated carbocycles. The molecule has 0 N–H and O–H groups in total. The van der Waals surface area contributed by atoms with Crippen molar-refractivity contribution >= 4 is 22.6 Å². The number of halogens is 1. The van der Waals surface area contributed by atoms with Crippen molar-refractivity contribution in [2.45, 2.75) is 46.6 Å².